The van der Waals surface area contributed by atoms with E-state index in [4.69, 9.17) is 4.52 Å². The van der Waals surface area contributed by atoms with Crippen LogP contribution >= 0.6 is 0 Å². The Labute approximate surface area is 141 Å². The molecule has 0 saturated carbocycles. The summed E-state index contributed by atoms with van der Waals surface area (Å²) in [6, 6.07) is 8.02. The van der Waals surface area contributed by atoms with Crippen molar-refractivity contribution in [1.82, 2.24) is 9.88 Å². The van der Waals surface area contributed by atoms with E-state index in [1.165, 1.54) is 12.1 Å². The molecule has 0 bridgehead atoms. The number of anilines is 1. The first-order valence-electron chi connectivity index (χ1n) is 7.07. The van der Waals surface area contributed by atoms with Gasteiger partial charge in [0.25, 0.3) is 0 Å². The highest BCUT2D eigenvalue weighted by Gasteiger charge is 2.22. The lowest BCUT2D eigenvalue weighted by Crippen LogP contribution is -2.38. The number of nitrogens with one attached hydrogen (secondary N) is 1. The second-order valence-corrected chi connectivity index (χ2v) is 8.94. The fourth-order valence-corrected chi connectivity index (χ4v) is 4.25. The first kappa shape index (κ1) is 18.4. The molecule has 0 amide bonds. The Morgan fingerprint density at radius 1 is 1.17 bits per heavy atom. The molecule has 0 aliphatic carbocycles. The molecule has 1 N–H and O–H groups in total. The lowest BCUT2D eigenvalue weighted by Gasteiger charge is -2.19. The maximum Gasteiger partial charge on any atom is 0.240 e. The minimum atomic E-state index is -3.72. The van der Waals surface area contributed by atoms with Crippen molar-refractivity contribution >= 4 is 25.9 Å². The van der Waals surface area contributed by atoms with Crippen LogP contribution in [-0.2, 0) is 20.0 Å². The molecule has 0 unspecified atom stereocenters. The number of benzene rings is 1. The Balaban J connectivity index is 2.12. The number of hydrogen-bond acceptors (Lipinski definition) is 6. The number of nitrogens with zero attached hydrogens (tertiary/aromatic N) is 2. The molecule has 1 aromatic carbocycles. The summed E-state index contributed by atoms with van der Waals surface area (Å²) >= 11 is 0. The fourth-order valence-electron chi connectivity index (χ4n) is 2.14. The van der Waals surface area contributed by atoms with E-state index in [1.807, 2.05) is 0 Å². The molecule has 1 heterocycles. The van der Waals surface area contributed by atoms with Gasteiger partial charge in [-0.15, -0.1) is 0 Å². The van der Waals surface area contributed by atoms with Gasteiger partial charge in [-0.2, -0.15) is 0 Å². The first-order valence-corrected chi connectivity index (χ1v) is 10.4. The Morgan fingerprint density at radius 3 is 2.38 bits per heavy atom. The predicted octanol–water partition coefficient (Wildman–Crippen LogP) is 1.04. The van der Waals surface area contributed by atoms with Gasteiger partial charge in [0, 0.05) is 19.2 Å². The van der Waals surface area contributed by atoms with Crippen LogP contribution in [0.3, 0.4) is 0 Å². The third-order valence-electron chi connectivity index (χ3n) is 3.26. The predicted molar refractivity (Wildman–Crippen MR) is 89.8 cm³/mol. The minimum Gasteiger partial charge on any atom is -0.360 e. The highest BCUT2D eigenvalue weighted by Crippen LogP contribution is 2.17. The zero-order chi connectivity index (χ0) is 18.0. The van der Waals surface area contributed by atoms with Gasteiger partial charge in [-0.3, -0.25) is 0 Å². The SMILES string of the molecule is Cc1cc(N(CCNS(=O)(=O)c2ccccc2C)S(C)(=O)=O)no1. The summed E-state index contributed by atoms with van der Waals surface area (Å²) < 4.78 is 56.7. The molecule has 0 aliphatic heterocycles. The van der Waals surface area contributed by atoms with Gasteiger partial charge in [0.2, 0.25) is 20.0 Å². The van der Waals surface area contributed by atoms with Crippen molar-refractivity contribution < 1.29 is 21.4 Å². The van der Waals surface area contributed by atoms with Gasteiger partial charge in [0.15, 0.2) is 5.82 Å². The molecule has 24 heavy (non-hydrogen) atoms. The van der Waals surface area contributed by atoms with E-state index in [0.29, 0.717) is 11.3 Å². The van der Waals surface area contributed by atoms with E-state index in [-0.39, 0.29) is 23.8 Å². The van der Waals surface area contributed by atoms with Crippen LogP contribution in [0.1, 0.15) is 11.3 Å². The second kappa shape index (κ2) is 6.91. The van der Waals surface area contributed by atoms with Crippen LogP contribution in [0.5, 0.6) is 0 Å². The molecule has 0 atom stereocenters. The van der Waals surface area contributed by atoms with Gasteiger partial charge in [-0.1, -0.05) is 23.4 Å². The lowest BCUT2D eigenvalue weighted by atomic mass is 10.2. The summed E-state index contributed by atoms with van der Waals surface area (Å²) in [6.07, 6.45) is 1.02. The van der Waals surface area contributed by atoms with Crippen LogP contribution in [0.25, 0.3) is 0 Å². The van der Waals surface area contributed by atoms with Crippen LogP contribution in [0.2, 0.25) is 0 Å². The largest absolute Gasteiger partial charge is 0.360 e. The molecule has 0 saturated heterocycles. The molecule has 0 fully saturated rings. The van der Waals surface area contributed by atoms with Crippen molar-refractivity contribution in [2.75, 3.05) is 23.7 Å². The molecule has 0 spiro atoms. The molecule has 8 nitrogen and oxygen atoms in total. The second-order valence-electron chi connectivity index (χ2n) is 5.29. The van der Waals surface area contributed by atoms with E-state index < -0.39 is 20.0 Å². The number of rotatable bonds is 7. The minimum absolute atomic E-state index is 0.101. The van der Waals surface area contributed by atoms with Crippen molar-refractivity contribution in [2.24, 2.45) is 0 Å². The van der Waals surface area contributed by atoms with Gasteiger partial charge in [-0.05, 0) is 25.5 Å². The van der Waals surface area contributed by atoms with E-state index in [2.05, 4.69) is 9.88 Å². The van der Waals surface area contributed by atoms with E-state index in [1.54, 1.807) is 32.0 Å². The van der Waals surface area contributed by atoms with Crippen molar-refractivity contribution in [3.8, 4) is 0 Å². The van der Waals surface area contributed by atoms with Crippen molar-refractivity contribution in [2.45, 2.75) is 18.7 Å². The quantitative estimate of drug-likeness (QED) is 0.776. The number of aryl methyl sites for hydroxylation is 2. The van der Waals surface area contributed by atoms with Gasteiger partial charge in [-0.25, -0.2) is 25.9 Å². The number of aromatic nitrogens is 1. The standard InChI is InChI=1S/C14H19N3O5S2/c1-11-6-4-5-7-13(11)24(20,21)15-8-9-17(23(3,18)19)14-10-12(2)22-16-14/h4-7,10,15H,8-9H2,1-3H3. The molecule has 10 heteroatoms. The normalized spacial score (nSPS) is 12.3. The topological polar surface area (TPSA) is 110 Å². The van der Waals surface area contributed by atoms with Gasteiger partial charge in [0.1, 0.15) is 5.76 Å². The number of hydrogen-bond donors (Lipinski definition) is 1. The monoisotopic (exact) mass is 373 g/mol. The molecular weight excluding hydrogens is 354 g/mol. The van der Waals surface area contributed by atoms with Gasteiger partial charge in [0.05, 0.1) is 11.2 Å². The van der Waals surface area contributed by atoms with E-state index in [0.717, 1.165) is 10.6 Å². The van der Waals surface area contributed by atoms with Crippen LogP contribution in [0.4, 0.5) is 5.82 Å². The third kappa shape index (κ3) is 4.34. The zero-order valence-corrected chi connectivity index (χ0v) is 15.2. The lowest BCUT2D eigenvalue weighted by molar-refractivity contribution is 0.398. The van der Waals surface area contributed by atoms with Crippen molar-refractivity contribution in [3.63, 3.8) is 0 Å². The Morgan fingerprint density at radius 2 is 1.83 bits per heavy atom. The van der Waals surface area contributed by atoms with Crippen molar-refractivity contribution in [1.29, 1.82) is 0 Å². The Bertz CT molecular complexity index is 919. The number of sulfonamides is 2. The van der Waals surface area contributed by atoms with Crippen LogP contribution in [0, 0.1) is 13.8 Å². The van der Waals surface area contributed by atoms with Gasteiger partial charge >= 0.3 is 0 Å². The molecule has 0 radical (unpaired) electrons. The van der Waals surface area contributed by atoms with E-state index >= 15 is 0 Å². The zero-order valence-electron chi connectivity index (χ0n) is 13.6. The van der Waals surface area contributed by atoms with Crippen molar-refractivity contribution in [3.05, 3.63) is 41.7 Å². The third-order valence-corrected chi connectivity index (χ3v) is 6.05. The summed E-state index contributed by atoms with van der Waals surface area (Å²) in [5.41, 5.74) is 0.608. The molecule has 1 aromatic heterocycles. The highest BCUT2D eigenvalue weighted by atomic mass is 32.2. The summed E-state index contributed by atoms with van der Waals surface area (Å²) in [4.78, 5) is 0.160. The maximum atomic E-state index is 12.3. The summed E-state index contributed by atoms with van der Waals surface area (Å²) in [7, 11) is -7.34. The Hall–Kier alpha value is -1.91. The smallest absolute Gasteiger partial charge is 0.240 e. The van der Waals surface area contributed by atoms with Crippen LogP contribution < -0.4 is 9.03 Å². The average Bonchev–Trinajstić information content (AvgIpc) is 2.88. The molecule has 0 aliphatic rings. The average molecular weight is 373 g/mol. The first-order chi connectivity index (χ1) is 11.1. The molecular formula is C14H19N3O5S2. The molecule has 2 rings (SSSR count). The molecule has 132 valence electrons. The fraction of sp³-hybridized carbons (Fsp3) is 0.357. The van der Waals surface area contributed by atoms with Gasteiger partial charge < -0.3 is 4.52 Å². The Kier molecular flexibility index (Phi) is 5.31. The van der Waals surface area contributed by atoms with Crippen LogP contribution in [0.15, 0.2) is 39.8 Å². The highest BCUT2D eigenvalue weighted by molar-refractivity contribution is 7.92. The summed E-state index contributed by atoms with van der Waals surface area (Å²) in [5.74, 6) is 0.573. The van der Waals surface area contributed by atoms with E-state index in [9.17, 15) is 16.8 Å². The molecule has 2 aromatic rings. The summed E-state index contributed by atoms with van der Waals surface area (Å²) in [6.45, 7) is 3.12. The summed E-state index contributed by atoms with van der Waals surface area (Å²) in [5, 5.41) is 3.66. The van der Waals surface area contributed by atoms with Crippen LogP contribution in [-0.4, -0.2) is 41.3 Å². The maximum absolute atomic E-state index is 12.3.